The van der Waals surface area contributed by atoms with Crippen LogP contribution in [0.2, 0.25) is 0 Å². The molecule has 0 saturated heterocycles. The summed E-state index contributed by atoms with van der Waals surface area (Å²) in [6.07, 6.45) is 0. The van der Waals surface area contributed by atoms with Gasteiger partial charge < -0.3 is 9.47 Å². The number of esters is 2. The molecule has 0 aliphatic heterocycles. The summed E-state index contributed by atoms with van der Waals surface area (Å²) in [6.45, 7) is 21.6. The van der Waals surface area contributed by atoms with E-state index in [9.17, 15) is 19.2 Å². The Morgan fingerprint density at radius 1 is 0.651 bits per heavy atom. The standard InChI is InChI=1S/C36H39O6P/c1-18(2)35(39)41-16-27-20(5)14-22(7)30(24(27)9)33(37)26-12-11-13-29(43)32(26)34(38)31-23(8)15-21(6)28(25(31)10)17-42-36(40)19(3)4/h11-15H,1,3,16-17,43H2,2,4-10H3. The van der Waals surface area contributed by atoms with Gasteiger partial charge in [-0.15, -0.1) is 9.24 Å². The van der Waals surface area contributed by atoms with E-state index in [4.69, 9.17) is 9.47 Å². The Kier molecular flexibility index (Phi) is 10.4. The molecule has 0 saturated carbocycles. The fourth-order valence-corrected chi connectivity index (χ4v) is 5.79. The molecule has 7 heteroatoms. The van der Waals surface area contributed by atoms with Crippen LogP contribution in [0.15, 0.2) is 54.6 Å². The molecule has 1 atom stereocenters. The maximum atomic E-state index is 14.4. The van der Waals surface area contributed by atoms with Crippen LogP contribution < -0.4 is 5.30 Å². The number of benzene rings is 3. The smallest absolute Gasteiger partial charge is 0.333 e. The number of rotatable bonds is 10. The molecule has 3 aromatic carbocycles. The summed E-state index contributed by atoms with van der Waals surface area (Å²) in [6, 6.07) is 8.97. The van der Waals surface area contributed by atoms with Crippen LogP contribution in [0.3, 0.4) is 0 Å². The highest BCUT2D eigenvalue weighted by molar-refractivity contribution is 7.27. The van der Waals surface area contributed by atoms with E-state index in [0.29, 0.717) is 27.6 Å². The molecule has 6 nitrogen and oxygen atoms in total. The summed E-state index contributed by atoms with van der Waals surface area (Å²) in [4.78, 5) is 52.8. The van der Waals surface area contributed by atoms with Gasteiger partial charge in [-0.3, -0.25) is 9.59 Å². The molecule has 0 N–H and O–H groups in total. The second-order valence-electron chi connectivity index (χ2n) is 11.1. The molecule has 0 radical (unpaired) electrons. The minimum absolute atomic E-state index is 0.000137. The summed E-state index contributed by atoms with van der Waals surface area (Å²) < 4.78 is 10.8. The number of carbonyl (C=O) groups is 4. The summed E-state index contributed by atoms with van der Waals surface area (Å²) >= 11 is 0. The molecular weight excluding hydrogens is 559 g/mol. The van der Waals surface area contributed by atoms with Crippen molar-refractivity contribution in [1.29, 1.82) is 0 Å². The van der Waals surface area contributed by atoms with E-state index in [0.717, 1.165) is 33.4 Å². The van der Waals surface area contributed by atoms with Crippen LogP contribution in [-0.2, 0) is 32.3 Å². The van der Waals surface area contributed by atoms with E-state index in [1.165, 1.54) is 0 Å². The second kappa shape index (κ2) is 13.4. The highest BCUT2D eigenvalue weighted by Crippen LogP contribution is 2.30. The van der Waals surface area contributed by atoms with Crippen molar-refractivity contribution in [3.63, 3.8) is 0 Å². The van der Waals surface area contributed by atoms with Crippen molar-refractivity contribution in [3.05, 3.63) is 121 Å². The Bertz CT molecular complexity index is 1710. The van der Waals surface area contributed by atoms with E-state index in [2.05, 4.69) is 22.4 Å². The Morgan fingerprint density at radius 3 is 1.49 bits per heavy atom. The van der Waals surface area contributed by atoms with Gasteiger partial charge in [-0.25, -0.2) is 9.59 Å². The first kappa shape index (κ1) is 33.4. The monoisotopic (exact) mass is 598 g/mol. The van der Waals surface area contributed by atoms with Gasteiger partial charge >= 0.3 is 11.9 Å². The lowest BCUT2D eigenvalue weighted by Gasteiger charge is -2.20. The quantitative estimate of drug-likeness (QED) is 0.111. The van der Waals surface area contributed by atoms with Crippen LogP contribution in [0, 0.1) is 41.5 Å². The molecule has 0 amide bonds. The van der Waals surface area contributed by atoms with E-state index in [-0.39, 0.29) is 47.1 Å². The zero-order valence-corrected chi connectivity index (χ0v) is 27.4. The average molecular weight is 599 g/mol. The third kappa shape index (κ3) is 6.92. The third-order valence-corrected chi connectivity index (χ3v) is 8.16. The highest BCUT2D eigenvalue weighted by Gasteiger charge is 2.28. The molecule has 0 spiro atoms. The lowest BCUT2D eigenvalue weighted by atomic mass is 9.84. The number of ketones is 2. The van der Waals surface area contributed by atoms with E-state index >= 15 is 0 Å². The summed E-state index contributed by atoms with van der Waals surface area (Å²) in [5.74, 6) is -1.61. The van der Waals surface area contributed by atoms with Crippen molar-refractivity contribution < 1.29 is 28.7 Å². The highest BCUT2D eigenvalue weighted by atomic mass is 31.0. The Hall–Kier alpha value is -4.15. The van der Waals surface area contributed by atoms with Crippen molar-refractivity contribution in [2.75, 3.05) is 0 Å². The predicted molar refractivity (Wildman–Crippen MR) is 173 cm³/mol. The Labute approximate surface area is 256 Å². The van der Waals surface area contributed by atoms with Crippen molar-refractivity contribution in [2.24, 2.45) is 0 Å². The zero-order valence-electron chi connectivity index (χ0n) is 26.2. The first-order valence-electron chi connectivity index (χ1n) is 13.9. The Balaban J connectivity index is 2.15. The average Bonchev–Trinajstić information content (AvgIpc) is 2.91. The van der Waals surface area contributed by atoms with Crippen LogP contribution in [-0.4, -0.2) is 23.5 Å². The fraction of sp³-hybridized carbons (Fsp3) is 0.278. The summed E-state index contributed by atoms with van der Waals surface area (Å²) in [5, 5.41) is 0.587. The number of ether oxygens (including phenoxy) is 2. The molecule has 0 bridgehead atoms. The second-order valence-corrected chi connectivity index (χ2v) is 11.7. The molecule has 0 aliphatic carbocycles. The van der Waals surface area contributed by atoms with Gasteiger partial charge in [0.1, 0.15) is 13.2 Å². The number of carbonyl (C=O) groups excluding carboxylic acids is 4. The lowest BCUT2D eigenvalue weighted by molar-refractivity contribution is -0.141. The van der Waals surface area contributed by atoms with Crippen LogP contribution in [0.4, 0.5) is 0 Å². The van der Waals surface area contributed by atoms with Gasteiger partial charge in [0.05, 0.1) is 0 Å². The van der Waals surface area contributed by atoms with Crippen LogP contribution in [0.5, 0.6) is 0 Å². The fourth-order valence-electron chi connectivity index (χ4n) is 5.39. The van der Waals surface area contributed by atoms with Gasteiger partial charge in [0.25, 0.3) is 0 Å². The van der Waals surface area contributed by atoms with Gasteiger partial charge in [-0.2, -0.15) is 0 Å². The minimum atomic E-state index is -0.506. The van der Waals surface area contributed by atoms with E-state index in [1.54, 1.807) is 32.0 Å². The number of aryl methyl sites for hydroxylation is 4. The van der Waals surface area contributed by atoms with Gasteiger partial charge in [-0.05, 0) is 105 Å². The van der Waals surface area contributed by atoms with Crippen molar-refractivity contribution in [2.45, 2.75) is 68.6 Å². The maximum Gasteiger partial charge on any atom is 0.333 e. The molecule has 0 aromatic heterocycles. The van der Waals surface area contributed by atoms with Crippen LogP contribution >= 0.6 is 9.24 Å². The summed E-state index contributed by atoms with van der Waals surface area (Å²) in [7, 11) is 2.58. The topological polar surface area (TPSA) is 86.7 Å². The summed E-state index contributed by atoms with van der Waals surface area (Å²) in [5.41, 5.74) is 8.19. The molecule has 1 unspecified atom stereocenters. The predicted octanol–water partition coefficient (Wildman–Crippen LogP) is 6.74. The molecule has 224 valence electrons. The van der Waals surface area contributed by atoms with Gasteiger partial charge in [0, 0.05) is 33.4 Å². The normalized spacial score (nSPS) is 10.7. The Morgan fingerprint density at radius 2 is 1.07 bits per heavy atom. The van der Waals surface area contributed by atoms with Crippen molar-refractivity contribution >= 4 is 38.0 Å². The molecule has 3 aromatic rings. The number of hydrogen-bond acceptors (Lipinski definition) is 6. The molecule has 0 fully saturated rings. The van der Waals surface area contributed by atoms with Gasteiger partial charge in [-0.1, -0.05) is 43.5 Å². The molecule has 0 aliphatic rings. The molecule has 43 heavy (non-hydrogen) atoms. The maximum absolute atomic E-state index is 14.4. The van der Waals surface area contributed by atoms with Gasteiger partial charge in [0.15, 0.2) is 11.6 Å². The van der Waals surface area contributed by atoms with Crippen molar-refractivity contribution in [3.8, 4) is 0 Å². The van der Waals surface area contributed by atoms with E-state index in [1.807, 2.05) is 53.7 Å². The zero-order chi connectivity index (χ0) is 32.3. The van der Waals surface area contributed by atoms with Crippen molar-refractivity contribution in [1.82, 2.24) is 0 Å². The molecule has 3 rings (SSSR count). The van der Waals surface area contributed by atoms with Gasteiger partial charge in [0.2, 0.25) is 0 Å². The molecule has 0 heterocycles. The van der Waals surface area contributed by atoms with E-state index < -0.39 is 11.9 Å². The minimum Gasteiger partial charge on any atom is -0.457 e. The molecular formula is C36H39O6P. The first-order valence-corrected chi connectivity index (χ1v) is 14.5. The first-order chi connectivity index (χ1) is 20.1. The van der Waals surface area contributed by atoms with Crippen LogP contribution in [0.1, 0.15) is 90.2 Å². The largest absolute Gasteiger partial charge is 0.457 e. The third-order valence-electron chi connectivity index (χ3n) is 7.68. The van der Waals surface area contributed by atoms with Crippen LogP contribution in [0.25, 0.3) is 0 Å². The SMILES string of the molecule is C=C(C)C(=O)OCc1c(C)cc(C)c(C(=O)c2cccc(P)c2C(=O)c2c(C)cc(C)c(COC(=O)C(=C)C)c2C)c1C. The number of hydrogen-bond donors (Lipinski definition) is 0. The lowest BCUT2D eigenvalue weighted by Crippen LogP contribution is -2.22.